The van der Waals surface area contributed by atoms with E-state index in [0.29, 0.717) is 25.7 Å². The van der Waals surface area contributed by atoms with E-state index in [1.807, 2.05) is 6.92 Å². The lowest BCUT2D eigenvalue weighted by Gasteiger charge is -2.26. The third-order valence-electron chi connectivity index (χ3n) is 3.19. The summed E-state index contributed by atoms with van der Waals surface area (Å²) in [4.78, 5) is 0. The van der Waals surface area contributed by atoms with Gasteiger partial charge in [-0.15, -0.1) is 6.58 Å². The van der Waals surface area contributed by atoms with Gasteiger partial charge in [-0.05, 0) is 32.2 Å². The molecule has 0 spiro atoms. The molecule has 112 valence electrons. The van der Waals surface area contributed by atoms with E-state index in [0.717, 1.165) is 19.4 Å². The molecule has 0 atom stereocenters. The molecule has 1 aliphatic rings. The molecule has 1 N–H and O–H groups in total. The van der Waals surface area contributed by atoms with Crippen molar-refractivity contribution in [2.75, 3.05) is 33.2 Å². The minimum atomic E-state index is -3.34. The second kappa shape index (κ2) is 7.99. The fraction of sp³-hybridized carbons (Fsp3) is 0.846. The fourth-order valence-corrected chi connectivity index (χ4v) is 3.36. The minimum absolute atomic E-state index is 0.376. The lowest BCUT2D eigenvalue weighted by atomic mass is 10.4. The van der Waals surface area contributed by atoms with Crippen LogP contribution in [0.2, 0.25) is 0 Å². The standard InChI is InChI=1S/C13H27N3O2S/c1-4-10-16(11-5-2)19(17,18)15(3)12-6-9-14-13-7-8-13/h4,13-14H,1,5-12H2,2-3H3. The van der Waals surface area contributed by atoms with Gasteiger partial charge in [-0.2, -0.15) is 17.0 Å². The van der Waals surface area contributed by atoms with E-state index in [9.17, 15) is 8.42 Å². The Kier molecular flexibility index (Phi) is 6.99. The molecule has 0 aromatic carbocycles. The Morgan fingerprint density at radius 1 is 1.37 bits per heavy atom. The first kappa shape index (κ1) is 16.6. The highest BCUT2D eigenvalue weighted by Crippen LogP contribution is 2.18. The van der Waals surface area contributed by atoms with Crippen LogP contribution in [0.4, 0.5) is 0 Å². The van der Waals surface area contributed by atoms with E-state index in [1.54, 1.807) is 13.1 Å². The second-order valence-corrected chi connectivity index (χ2v) is 7.09. The van der Waals surface area contributed by atoms with Crippen LogP contribution in [-0.2, 0) is 10.2 Å². The fourth-order valence-electron chi connectivity index (χ4n) is 1.90. The summed E-state index contributed by atoms with van der Waals surface area (Å²) in [6, 6.07) is 0.680. The number of nitrogens with one attached hydrogen (secondary N) is 1. The van der Waals surface area contributed by atoms with Crippen LogP contribution in [0.25, 0.3) is 0 Å². The third kappa shape index (κ3) is 5.60. The van der Waals surface area contributed by atoms with Crippen molar-refractivity contribution in [3.05, 3.63) is 12.7 Å². The van der Waals surface area contributed by atoms with Gasteiger partial charge < -0.3 is 5.32 Å². The average molecular weight is 289 g/mol. The lowest BCUT2D eigenvalue weighted by molar-refractivity contribution is 0.372. The second-order valence-electron chi connectivity index (χ2n) is 5.06. The van der Waals surface area contributed by atoms with Crippen LogP contribution in [0.15, 0.2) is 12.7 Å². The van der Waals surface area contributed by atoms with E-state index in [2.05, 4.69) is 11.9 Å². The summed E-state index contributed by atoms with van der Waals surface area (Å²) in [7, 11) is -1.69. The SMILES string of the molecule is C=CCN(CCC)S(=O)(=O)N(C)CCCNC1CC1. The van der Waals surface area contributed by atoms with Crippen LogP contribution >= 0.6 is 0 Å². The first-order chi connectivity index (χ1) is 9.02. The van der Waals surface area contributed by atoms with E-state index in [1.165, 1.54) is 21.5 Å². The highest BCUT2D eigenvalue weighted by Gasteiger charge is 2.25. The van der Waals surface area contributed by atoms with Crippen molar-refractivity contribution in [3.8, 4) is 0 Å². The van der Waals surface area contributed by atoms with Crippen molar-refractivity contribution in [2.45, 2.75) is 38.6 Å². The van der Waals surface area contributed by atoms with Gasteiger partial charge in [0.2, 0.25) is 0 Å². The van der Waals surface area contributed by atoms with E-state index in [4.69, 9.17) is 0 Å². The van der Waals surface area contributed by atoms with E-state index >= 15 is 0 Å². The molecule has 1 fully saturated rings. The Morgan fingerprint density at radius 3 is 2.58 bits per heavy atom. The Balaban J connectivity index is 2.39. The summed E-state index contributed by atoms with van der Waals surface area (Å²) in [6.07, 6.45) is 5.82. The number of rotatable bonds is 11. The van der Waals surface area contributed by atoms with Crippen molar-refractivity contribution in [1.82, 2.24) is 13.9 Å². The molecule has 0 amide bonds. The van der Waals surface area contributed by atoms with E-state index < -0.39 is 10.2 Å². The highest BCUT2D eigenvalue weighted by molar-refractivity contribution is 7.86. The number of hydrogen-bond acceptors (Lipinski definition) is 3. The summed E-state index contributed by atoms with van der Waals surface area (Å²) >= 11 is 0. The Hall–Kier alpha value is -0.430. The molecule has 0 saturated heterocycles. The zero-order chi connectivity index (χ0) is 14.3. The zero-order valence-electron chi connectivity index (χ0n) is 12.1. The summed E-state index contributed by atoms with van der Waals surface area (Å²) in [5.41, 5.74) is 0. The quantitative estimate of drug-likeness (QED) is 0.459. The Bertz CT molecular complexity index is 366. The van der Waals surface area contributed by atoms with Crippen molar-refractivity contribution in [2.24, 2.45) is 0 Å². The Labute approximate surface area is 117 Å². The lowest BCUT2D eigenvalue weighted by Crippen LogP contribution is -2.43. The van der Waals surface area contributed by atoms with Crippen LogP contribution in [0, 0.1) is 0 Å². The maximum atomic E-state index is 12.3. The van der Waals surface area contributed by atoms with Crippen molar-refractivity contribution in [3.63, 3.8) is 0 Å². The van der Waals surface area contributed by atoms with Crippen molar-refractivity contribution >= 4 is 10.2 Å². The van der Waals surface area contributed by atoms with Gasteiger partial charge in [0.25, 0.3) is 10.2 Å². The molecule has 5 nitrogen and oxygen atoms in total. The summed E-state index contributed by atoms with van der Waals surface area (Å²) in [6.45, 7) is 7.96. The molecule has 6 heteroatoms. The summed E-state index contributed by atoms with van der Waals surface area (Å²) in [5.74, 6) is 0. The molecule has 1 aliphatic carbocycles. The maximum absolute atomic E-state index is 12.3. The molecule has 0 heterocycles. The topological polar surface area (TPSA) is 52.7 Å². The van der Waals surface area contributed by atoms with Crippen LogP contribution in [-0.4, -0.2) is 56.3 Å². The van der Waals surface area contributed by atoms with Crippen LogP contribution in [0.1, 0.15) is 32.6 Å². The van der Waals surface area contributed by atoms with Gasteiger partial charge in [-0.25, -0.2) is 0 Å². The van der Waals surface area contributed by atoms with Crippen molar-refractivity contribution in [1.29, 1.82) is 0 Å². The smallest absolute Gasteiger partial charge is 0.282 e. The maximum Gasteiger partial charge on any atom is 0.282 e. The molecule has 0 aromatic heterocycles. The monoisotopic (exact) mass is 289 g/mol. The van der Waals surface area contributed by atoms with Crippen molar-refractivity contribution < 1.29 is 8.42 Å². The predicted molar refractivity (Wildman–Crippen MR) is 79.3 cm³/mol. The van der Waals surface area contributed by atoms with Gasteiger partial charge >= 0.3 is 0 Å². The number of nitrogens with zero attached hydrogens (tertiary/aromatic N) is 2. The molecular weight excluding hydrogens is 262 g/mol. The van der Waals surface area contributed by atoms with Crippen LogP contribution < -0.4 is 5.32 Å². The third-order valence-corrected chi connectivity index (χ3v) is 5.14. The molecule has 0 radical (unpaired) electrons. The first-order valence-electron chi connectivity index (χ1n) is 7.08. The highest BCUT2D eigenvalue weighted by atomic mass is 32.2. The Morgan fingerprint density at radius 2 is 2.05 bits per heavy atom. The zero-order valence-corrected chi connectivity index (χ0v) is 13.0. The number of hydrogen-bond donors (Lipinski definition) is 1. The van der Waals surface area contributed by atoms with Gasteiger partial charge in [0.15, 0.2) is 0 Å². The summed E-state index contributed by atoms with van der Waals surface area (Å²) in [5, 5.41) is 3.39. The van der Waals surface area contributed by atoms with Gasteiger partial charge in [0, 0.05) is 32.7 Å². The normalized spacial score (nSPS) is 16.2. The predicted octanol–water partition coefficient (Wildman–Crippen LogP) is 1.20. The molecule has 0 aromatic rings. The van der Waals surface area contributed by atoms with Gasteiger partial charge in [-0.1, -0.05) is 13.0 Å². The first-order valence-corrected chi connectivity index (χ1v) is 8.47. The van der Waals surface area contributed by atoms with E-state index in [-0.39, 0.29) is 0 Å². The molecule has 0 bridgehead atoms. The average Bonchev–Trinajstić information content (AvgIpc) is 3.18. The molecular formula is C13H27N3O2S. The largest absolute Gasteiger partial charge is 0.314 e. The van der Waals surface area contributed by atoms with Gasteiger partial charge in [0.05, 0.1) is 0 Å². The van der Waals surface area contributed by atoms with Crippen LogP contribution in [0.5, 0.6) is 0 Å². The van der Waals surface area contributed by atoms with Gasteiger partial charge in [0.1, 0.15) is 0 Å². The molecule has 1 rings (SSSR count). The molecule has 0 unspecified atom stereocenters. The molecule has 0 aliphatic heterocycles. The minimum Gasteiger partial charge on any atom is -0.314 e. The van der Waals surface area contributed by atoms with Crippen LogP contribution in [0.3, 0.4) is 0 Å². The molecule has 19 heavy (non-hydrogen) atoms. The molecule has 1 saturated carbocycles. The van der Waals surface area contributed by atoms with Gasteiger partial charge in [-0.3, -0.25) is 0 Å². The summed E-state index contributed by atoms with van der Waals surface area (Å²) < 4.78 is 27.6.